The van der Waals surface area contributed by atoms with Gasteiger partial charge in [-0.25, -0.2) is 19.1 Å². The van der Waals surface area contributed by atoms with E-state index in [0.717, 1.165) is 11.1 Å². The topological polar surface area (TPSA) is 79.8 Å². The van der Waals surface area contributed by atoms with Crippen LogP contribution in [0, 0.1) is 11.2 Å². The first kappa shape index (κ1) is 32.9. The molecule has 4 aromatic carbocycles. The molecule has 6 rings (SSSR count). The Labute approximate surface area is 284 Å². The van der Waals surface area contributed by atoms with Gasteiger partial charge in [-0.1, -0.05) is 81.4 Å². The Morgan fingerprint density at radius 1 is 0.833 bits per heavy atom. The van der Waals surface area contributed by atoms with Gasteiger partial charge in [-0.05, 0) is 72.0 Å². The molecule has 1 aromatic heterocycles. The number of nitrogens with zero attached hydrogens (tertiary/aromatic N) is 4. The number of halogens is 1. The zero-order valence-electron chi connectivity index (χ0n) is 27.6. The van der Waals surface area contributed by atoms with E-state index < -0.39 is 16.6 Å². The number of ether oxygens (including phenoxy) is 1. The van der Waals surface area contributed by atoms with Gasteiger partial charge in [0.1, 0.15) is 17.4 Å². The first-order chi connectivity index (χ1) is 23.0. The summed E-state index contributed by atoms with van der Waals surface area (Å²) < 4.78 is 25.6. The molecule has 0 saturated carbocycles. The maximum Gasteiger partial charge on any atom is 0.332 e. The number of carbonyl (C=O) groups excluding carboxylic acids is 1. The van der Waals surface area contributed by atoms with Crippen molar-refractivity contribution in [2.75, 3.05) is 22.2 Å². The lowest BCUT2D eigenvalue weighted by atomic mass is 9.53. The van der Waals surface area contributed by atoms with Gasteiger partial charge < -0.3 is 14.5 Å². The number of methoxy groups -OCH3 is 1. The van der Waals surface area contributed by atoms with Gasteiger partial charge in [-0.3, -0.25) is 4.90 Å². The van der Waals surface area contributed by atoms with Crippen LogP contribution in [-0.2, 0) is 16.4 Å². The van der Waals surface area contributed by atoms with Crippen LogP contribution in [0.4, 0.5) is 32.3 Å². The fourth-order valence-electron chi connectivity index (χ4n) is 7.15. The molecular formula is C38H37FN5O3Si. The molecular weight excluding hydrogens is 622 g/mol. The molecule has 48 heavy (non-hydrogen) atoms. The molecule has 1 atom stereocenters. The zero-order valence-corrected chi connectivity index (χ0v) is 28.6. The number of nitrogens with one attached hydrogen (secondary N) is 1. The van der Waals surface area contributed by atoms with Gasteiger partial charge in [0.05, 0.1) is 19.1 Å². The maximum absolute atomic E-state index is 15.2. The van der Waals surface area contributed by atoms with Crippen molar-refractivity contribution in [2.45, 2.75) is 45.4 Å². The van der Waals surface area contributed by atoms with Crippen molar-refractivity contribution >= 4 is 39.7 Å². The third kappa shape index (κ3) is 5.50. The van der Waals surface area contributed by atoms with Crippen molar-refractivity contribution < 1.29 is 18.3 Å². The van der Waals surface area contributed by atoms with Crippen LogP contribution in [0.25, 0.3) is 0 Å². The van der Waals surface area contributed by atoms with Crippen LogP contribution in [0.3, 0.4) is 0 Å². The van der Waals surface area contributed by atoms with Crippen molar-refractivity contribution in [3.63, 3.8) is 0 Å². The molecule has 0 fully saturated rings. The lowest BCUT2D eigenvalue weighted by Gasteiger charge is -2.60. The third-order valence-corrected chi connectivity index (χ3v) is 9.55. The average molecular weight is 659 g/mol. The molecule has 2 heterocycles. The molecule has 0 bridgehead atoms. The highest BCUT2D eigenvalue weighted by atomic mass is 28.2. The third-order valence-electron chi connectivity index (χ3n) is 9.15. The molecule has 0 aliphatic carbocycles. The number of benzene rings is 4. The maximum atomic E-state index is 15.2. The Balaban J connectivity index is 1.62. The molecule has 8 nitrogen and oxygen atoms in total. The van der Waals surface area contributed by atoms with E-state index in [0.29, 0.717) is 28.5 Å². The van der Waals surface area contributed by atoms with E-state index in [4.69, 9.17) is 14.1 Å². The average Bonchev–Trinajstić information content (AvgIpc) is 3.09. The minimum Gasteiger partial charge on any atom is -0.497 e. The fourth-order valence-corrected chi connectivity index (χ4v) is 7.40. The highest BCUT2D eigenvalue weighted by molar-refractivity contribution is 6.07. The summed E-state index contributed by atoms with van der Waals surface area (Å²) in [5, 5.41) is 3.17. The number of rotatable bonds is 9. The standard InChI is InChI=1S/C38H37FN5O3Si/c1-36(2,3)38(27-12-8-6-9-13-27,28-14-10-7-11-15-28)37(4,47-48)44-33-26(24-40-34(42-33)41-30-18-16-29(39)17-19-30)25-43(35(44)45)31-20-22-32(46-5)23-21-31/h6-24H,25H2,1-5H3,(H,40,41,42). The number of anilines is 4. The largest absolute Gasteiger partial charge is 0.497 e. The Morgan fingerprint density at radius 3 is 1.94 bits per heavy atom. The van der Waals surface area contributed by atoms with E-state index >= 15 is 4.79 Å². The monoisotopic (exact) mass is 658 g/mol. The predicted molar refractivity (Wildman–Crippen MR) is 187 cm³/mol. The van der Waals surface area contributed by atoms with Crippen molar-refractivity contribution in [1.82, 2.24) is 9.97 Å². The molecule has 0 spiro atoms. The van der Waals surface area contributed by atoms with Crippen LogP contribution in [0.2, 0.25) is 0 Å². The second kappa shape index (κ2) is 12.9. The van der Waals surface area contributed by atoms with Crippen molar-refractivity contribution in [2.24, 2.45) is 5.41 Å². The van der Waals surface area contributed by atoms with E-state index in [9.17, 15) is 4.39 Å². The number of amides is 2. The van der Waals surface area contributed by atoms with E-state index in [2.05, 4.69) is 65.8 Å². The Bertz CT molecular complexity index is 1850. The Kier molecular flexibility index (Phi) is 8.80. The molecule has 1 aliphatic rings. The molecule has 2 amide bonds. The number of carbonyl (C=O) groups is 1. The summed E-state index contributed by atoms with van der Waals surface area (Å²) in [6.07, 6.45) is 1.71. The second-order valence-corrected chi connectivity index (χ2v) is 13.1. The summed E-state index contributed by atoms with van der Waals surface area (Å²) in [6.45, 7) is 8.57. The summed E-state index contributed by atoms with van der Waals surface area (Å²) in [5.74, 6) is 0.944. The molecule has 1 N–H and O–H groups in total. The predicted octanol–water partition coefficient (Wildman–Crippen LogP) is 8.16. The van der Waals surface area contributed by atoms with E-state index in [1.165, 1.54) is 12.1 Å². The number of hydrogen-bond acceptors (Lipinski definition) is 6. The number of hydrogen-bond donors (Lipinski definition) is 1. The Hall–Kier alpha value is -5.06. The molecule has 10 heteroatoms. The lowest BCUT2D eigenvalue weighted by Crippen LogP contribution is -2.71. The summed E-state index contributed by atoms with van der Waals surface area (Å²) in [5.41, 5.74) is 0.858. The lowest BCUT2D eigenvalue weighted by molar-refractivity contribution is -0.0243. The summed E-state index contributed by atoms with van der Waals surface area (Å²) >= 11 is 0. The number of urea groups is 1. The van der Waals surface area contributed by atoms with Gasteiger partial charge in [0, 0.05) is 23.1 Å². The summed E-state index contributed by atoms with van der Waals surface area (Å²) in [6, 6.07) is 33.1. The number of aromatic nitrogens is 2. The molecule has 5 aromatic rings. The first-order valence-corrected chi connectivity index (χ1v) is 16.0. The molecule has 243 valence electrons. The highest BCUT2D eigenvalue weighted by Gasteiger charge is 2.63. The van der Waals surface area contributed by atoms with Crippen LogP contribution in [0.15, 0.2) is 115 Å². The Morgan fingerprint density at radius 2 is 1.42 bits per heavy atom. The van der Waals surface area contributed by atoms with Crippen LogP contribution in [-0.4, -0.2) is 39.3 Å². The van der Waals surface area contributed by atoms with Gasteiger partial charge >= 0.3 is 6.03 Å². The smallest absolute Gasteiger partial charge is 0.332 e. The van der Waals surface area contributed by atoms with Crippen LogP contribution in [0.1, 0.15) is 44.4 Å². The van der Waals surface area contributed by atoms with Gasteiger partial charge in [-0.2, -0.15) is 4.98 Å². The fraction of sp³-hybridized carbons (Fsp3) is 0.237. The van der Waals surface area contributed by atoms with E-state index in [-0.39, 0.29) is 24.3 Å². The summed E-state index contributed by atoms with van der Waals surface area (Å²) in [4.78, 5) is 28.1. The van der Waals surface area contributed by atoms with Crippen LogP contribution in [0.5, 0.6) is 5.75 Å². The van der Waals surface area contributed by atoms with Gasteiger partial charge in [-0.15, -0.1) is 0 Å². The normalized spacial score (nSPS) is 14.7. The minimum absolute atomic E-state index is 0.213. The molecule has 1 aliphatic heterocycles. The van der Waals surface area contributed by atoms with Crippen molar-refractivity contribution in [3.8, 4) is 5.75 Å². The van der Waals surface area contributed by atoms with Crippen LogP contribution < -0.4 is 19.9 Å². The quantitative estimate of drug-likeness (QED) is 0.161. The van der Waals surface area contributed by atoms with E-state index in [1.54, 1.807) is 35.2 Å². The molecule has 0 saturated heterocycles. The van der Waals surface area contributed by atoms with E-state index in [1.807, 2.05) is 67.6 Å². The van der Waals surface area contributed by atoms with Gasteiger partial charge in [0.2, 0.25) is 16.4 Å². The van der Waals surface area contributed by atoms with Gasteiger partial charge in [0.25, 0.3) is 0 Å². The molecule has 3 radical (unpaired) electrons. The first-order valence-electron chi connectivity index (χ1n) is 15.6. The van der Waals surface area contributed by atoms with Gasteiger partial charge in [0.15, 0.2) is 5.72 Å². The summed E-state index contributed by atoms with van der Waals surface area (Å²) in [7, 11) is 5.13. The highest BCUT2D eigenvalue weighted by Crippen LogP contribution is 2.57. The minimum atomic E-state index is -1.46. The zero-order chi connectivity index (χ0) is 34.1. The van der Waals surface area contributed by atoms with Crippen molar-refractivity contribution in [1.29, 1.82) is 0 Å². The SMILES string of the molecule is COc1ccc(N2Cc3cnc(Nc4ccc(F)cc4)nc3N(C(C)(O[Si])C(c3ccccc3)(c3ccccc3)C(C)(C)C)C2=O)cc1. The van der Waals surface area contributed by atoms with Crippen molar-refractivity contribution in [3.05, 3.63) is 138 Å². The molecule has 1 unspecified atom stereocenters. The second-order valence-electron chi connectivity index (χ2n) is 12.9. The van der Waals surface area contributed by atoms with Crippen LogP contribution >= 0.6 is 0 Å². The number of fused-ring (bicyclic) bond motifs is 1.